The maximum absolute atomic E-state index is 3.67. The Balaban J connectivity index is 1.31. The average Bonchev–Trinajstić information content (AvgIpc) is 3.47. The summed E-state index contributed by atoms with van der Waals surface area (Å²) in [5, 5.41) is 7.21. The molecule has 0 aromatic carbocycles. The molecule has 1 unspecified atom stereocenters. The molecule has 0 amide bonds. The van der Waals surface area contributed by atoms with Crippen molar-refractivity contribution in [2.75, 3.05) is 0 Å². The van der Waals surface area contributed by atoms with Gasteiger partial charge in [0.2, 0.25) is 0 Å². The van der Waals surface area contributed by atoms with Gasteiger partial charge in [-0.2, -0.15) is 0 Å². The number of nitrogens with one attached hydrogen (secondary N) is 3. The second-order valence-corrected chi connectivity index (χ2v) is 12.2. The van der Waals surface area contributed by atoms with E-state index in [2.05, 4.69) is 137 Å². The van der Waals surface area contributed by atoms with Crippen molar-refractivity contribution in [2.24, 2.45) is 11.3 Å². The number of hydrogen-bond donors (Lipinski definition) is 3. The molecule has 0 fully saturated rings. The van der Waals surface area contributed by atoms with Gasteiger partial charge in [-0.1, -0.05) is 69.7 Å². The zero-order valence-electron chi connectivity index (χ0n) is 25.7. The highest BCUT2D eigenvalue weighted by Crippen LogP contribution is 2.50. The molecule has 3 N–H and O–H groups in total. The molecule has 0 spiro atoms. The van der Waals surface area contributed by atoms with Crippen LogP contribution in [0.15, 0.2) is 106 Å². The zero-order valence-corrected chi connectivity index (χ0v) is 25.7. The van der Waals surface area contributed by atoms with E-state index in [9.17, 15) is 0 Å². The Morgan fingerprint density at radius 1 is 1.02 bits per heavy atom. The minimum atomic E-state index is 0.159. The highest BCUT2D eigenvalue weighted by atomic mass is 14.9. The Morgan fingerprint density at radius 2 is 1.77 bits per heavy atom. The van der Waals surface area contributed by atoms with E-state index in [1.165, 1.54) is 57.1 Å². The summed E-state index contributed by atoms with van der Waals surface area (Å²) in [6.07, 6.45) is 30.5. The van der Waals surface area contributed by atoms with Crippen LogP contribution in [-0.2, 0) is 13.0 Å². The van der Waals surface area contributed by atoms with E-state index in [4.69, 9.17) is 0 Å². The summed E-state index contributed by atoms with van der Waals surface area (Å²) in [6.45, 7) is 16.5. The van der Waals surface area contributed by atoms with Crippen molar-refractivity contribution in [1.29, 1.82) is 0 Å². The smallest absolute Gasteiger partial charge is 0.0548 e. The number of aromatic nitrogens is 1. The first-order chi connectivity index (χ1) is 19.2. The van der Waals surface area contributed by atoms with Gasteiger partial charge >= 0.3 is 0 Å². The quantitative estimate of drug-likeness (QED) is 0.247. The summed E-state index contributed by atoms with van der Waals surface area (Å²) >= 11 is 0. The van der Waals surface area contributed by atoms with E-state index in [0.29, 0.717) is 5.92 Å². The largest absolute Gasteiger partial charge is 0.383 e. The molecule has 1 aromatic heterocycles. The Bertz CT molecular complexity index is 1360. The number of unbranched alkanes of at least 4 members (excludes halogenated alkanes) is 1. The predicted octanol–water partition coefficient (Wildman–Crippen LogP) is 9.51. The maximum Gasteiger partial charge on any atom is 0.0548 e. The number of H-pyrrole nitrogens is 1. The summed E-state index contributed by atoms with van der Waals surface area (Å²) in [5.74, 6) is 0.527. The number of fused-ring (bicyclic) bond motifs is 2. The van der Waals surface area contributed by atoms with Crippen LogP contribution in [0.1, 0.15) is 91.1 Å². The lowest BCUT2D eigenvalue weighted by molar-refractivity contribution is 0.327. The van der Waals surface area contributed by atoms with Crippen LogP contribution in [0.2, 0.25) is 0 Å². The van der Waals surface area contributed by atoms with E-state index in [-0.39, 0.29) is 5.41 Å². The zero-order chi connectivity index (χ0) is 28.7. The molecule has 1 aromatic rings. The molecule has 0 saturated heterocycles. The van der Waals surface area contributed by atoms with Crippen molar-refractivity contribution >= 4 is 6.08 Å². The first-order valence-electron chi connectivity index (χ1n) is 15.1. The monoisotopic (exact) mass is 535 g/mol. The fourth-order valence-electron chi connectivity index (χ4n) is 5.66. The molecular weight excluding hydrogens is 486 g/mol. The van der Waals surface area contributed by atoms with E-state index in [0.717, 1.165) is 37.9 Å². The number of rotatable bonds is 11. The molecule has 3 aliphatic rings. The summed E-state index contributed by atoms with van der Waals surface area (Å²) in [6, 6.07) is 2.29. The first-order valence-corrected chi connectivity index (χ1v) is 15.1. The van der Waals surface area contributed by atoms with Gasteiger partial charge in [0.05, 0.1) is 6.54 Å². The van der Waals surface area contributed by atoms with Gasteiger partial charge in [0, 0.05) is 28.5 Å². The van der Waals surface area contributed by atoms with Crippen molar-refractivity contribution < 1.29 is 0 Å². The van der Waals surface area contributed by atoms with Gasteiger partial charge in [-0.25, -0.2) is 0 Å². The molecule has 212 valence electrons. The Morgan fingerprint density at radius 3 is 2.50 bits per heavy atom. The number of aryl methyl sites for hydroxylation is 1. The Labute approximate surface area is 243 Å². The van der Waals surface area contributed by atoms with E-state index in [1.807, 2.05) is 0 Å². The Hall–Kier alpha value is -3.46. The van der Waals surface area contributed by atoms with Gasteiger partial charge < -0.3 is 15.6 Å². The fraction of sp³-hybridized carbons (Fsp3) is 0.405. The minimum Gasteiger partial charge on any atom is -0.383 e. The molecule has 3 aliphatic carbocycles. The summed E-state index contributed by atoms with van der Waals surface area (Å²) in [4.78, 5) is 3.53. The third-order valence-corrected chi connectivity index (χ3v) is 8.55. The molecule has 1 atom stereocenters. The summed E-state index contributed by atoms with van der Waals surface area (Å²) < 4.78 is 0. The summed E-state index contributed by atoms with van der Waals surface area (Å²) in [7, 11) is 0. The highest BCUT2D eigenvalue weighted by Gasteiger charge is 2.40. The maximum atomic E-state index is 3.67. The molecule has 0 bridgehead atoms. The number of allylic oxidation sites excluding steroid dienone is 17. The molecule has 0 saturated carbocycles. The number of hydrogen-bond acceptors (Lipinski definition) is 2. The average molecular weight is 536 g/mol. The first kappa shape index (κ1) is 29.5. The van der Waals surface area contributed by atoms with Crippen LogP contribution < -0.4 is 10.6 Å². The molecule has 0 radical (unpaired) electrons. The normalized spacial score (nSPS) is 21.2. The van der Waals surface area contributed by atoms with E-state index >= 15 is 0 Å². The van der Waals surface area contributed by atoms with Gasteiger partial charge in [0.1, 0.15) is 0 Å². The van der Waals surface area contributed by atoms with Gasteiger partial charge in [-0.3, -0.25) is 0 Å². The van der Waals surface area contributed by atoms with Crippen molar-refractivity contribution in [3.63, 3.8) is 0 Å². The second-order valence-electron chi connectivity index (χ2n) is 12.2. The second kappa shape index (κ2) is 13.3. The van der Waals surface area contributed by atoms with Crippen molar-refractivity contribution in [3.05, 3.63) is 123 Å². The van der Waals surface area contributed by atoms with E-state index < -0.39 is 0 Å². The summed E-state index contributed by atoms with van der Waals surface area (Å²) in [5.41, 5.74) is 13.2. The molecule has 3 heteroatoms. The minimum absolute atomic E-state index is 0.159. The van der Waals surface area contributed by atoms with Crippen LogP contribution in [0.3, 0.4) is 0 Å². The van der Waals surface area contributed by atoms with Crippen molar-refractivity contribution in [1.82, 2.24) is 15.6 Å². The lowest BCUT2D eigenvalue weighted by atomic mass is 9.72. The van der Waals surface area contributed by atoms with Crippen LogP contribution >= 0.6 is 0 Å². The van der Waals surface area contributed by atoms with Crippen LogP contribution in [0.4, 0.5) is 0 Å². The van der Waals surface area contributed by atoms with Crippen LogP contribution in [0.25, 0.3) is 6.08 Å². The Kier molecular flexibility index (Phi) is 9.79. The highest BCUT2D eigenvalue weighted by molar-refractivity contribution is 5.53. The topological polar surface area (TPSA) is 39.8 Å². The molecule has 0 aliphatic heterocycles. The van der Waals surface area contributed by atoms with Crippen molar-refractivity contribution in [3.8, 4) is 0 Å². The molecule has 1 heterocycles. The van der Waals surface area contributed by atoms with Gasteiger partial charge in [0.25, 0.3) is 0 Å². The number of aromatic amines is 1. The standard InChI is InChI=1S/C37H49N3/c1-8-9-10-14-32-22-30-20-21-33(24-35(30)37(32,6)7)39-29(5)19-17-27(3)26(2)16-18-28(4)38-25-34-23-31-13-11-12-15-36(31)40-34/h10,12,14-23,35,38-40H,8-9,11,13,24-25H2,1-7H3/b14-10-,26-16+,27-17+,28-18+,29-19+. The third kappa shape index (κ3) is 7.38. The van der Waals surface area contributed by atoms with Crippen LogP contribution in [0, 0.1) is 11.3 Å². The lowest BCUT2D eigenvalue weighted by Crippen LogP contribution is -2.26. The molecule has 40 heavy (non-hydrogen) atoms. The molecular formula is C37H49N3. The van der Waals surface area contributed by atoms with Gasteiger partial charge in [-0.05, 0) is 123 Å². The third-order valence-electron chi connectivity index (χ3n) is 8.55. The fourth-order valence-corrected chi connectivity index (χ4v) is 5.66. The van der Waals surface area contributed by atoms with Crippen LogP contribution in [-0.4, -0.2) is 4.98 Å². The van der Waals surface area contributed by atoms with E-state index in [1.54, 1.807) is 0 Å². The van der Waals surface area contributed by atoms with Gasteiger partial charge in [0.15, 0.2) is 0 Å². The molecule has 4 rings (SSSR count). The lowest BCUT2D eigenvalue weighted by Gasteiger charge is -2.33. The predicted molar refractivity (Wildman–Crippen MR) is 173 cm³/mol. The molecule has 3 nitrogen and oxygen atoms in total. The van der Waals surface area contributed by atoms with Crippen LogP contribution in [0.5, 0.6) is 0 Å². The van der Waals surface area contributed by atoms with Crippen molar-refractivity contribution in [2.45, 2.75) is 87.1 Å². The van der Waals surface area contributed by atoms with Gasteiger partial charge in [-0.15, -0.1) is 0 Å². The SMILES string of the molecule is CCC/C=C\C1=CC2=CC=C(N/C(C)=C/C=C(C)/C(C)=C/C=C(\C)NCc3cc4c([nH]3)C=CCC4)CC2C1(C)C.